The molecule has 2 aromatic rings. The van der Waals surface area contributed by atoms with E-state index < -0.39 is 21.1 Å². The van der Waals surface area contributed by atoms with Crippen LogP contribution in [-0.4, -0.2) is 72.6 Å². The molecule has 2 atom stereocenters. The number of ether oxygens (including phenoxy) is 1. The number of guanidine groups is 1. The lowest BCUT2D eigenvalue weighted by Crippen LogP contribution is -2.51. The number of benzene rings is 1. The molecule has 1 amide bonds. The van der Waals surface area contributed by atoms with Crippen LogP contribution in [0.3, 0.4) is 0 Å². The van der Waals surface area contributed by atoms with Gasteiger partial charge in [-0.3, -0.25) is 9.78 Å². The first kappa shape index (κ1) is 30.2. The lowest BCUT2D eigenvalue weighted by Gasteiger charge is -2.31. The minimum Gasteiger partial charge on any atom is -0.374 e. The summed E-state index contributed by atoms with van der Waals surface area (Å²) in [6, 6.07) is 5.46. The van der Waals surface area contributed by atoms with E-state index in [0.717, 1.165) is 18.4 Å². The van der Waals surface area contributed by atoms with Crippen molar-refractivity contribution in [3.63, 3.8) is 0 Å². The van der Waals surface area contributed by atoms with E-state index in [2.05, 4.69) is 20.1 Å². The highest BCUT2D eigenvalue weighted by Crippen LogP contribution is 2.25. The summed E-state index contributed by atoms with van der Waals surface area (Å²) in [4.78, 5) is 30.2. The summed E-state index contributed by atoms with van der Waals surface area (Å²) < 4.78 is 35.7. The number of fused-ring (bicyclic) bond motifs is 1. The molecule has 0 bridgehead atoms. The number of rotatable bonds is 11. The lowest BCUT2D eigenvalue weighted by atomic mass is 10.1. The number of hydrazone groups is 1. The van der Waals surface area contributed by atoms with Crippen LogP contribution in [0.1, 0.15) is 52.0 Å². The predicted octanol–water partition coefficient (Wildman–Crippen LogP) is 1.87. The normalized spacial score (nSPS) is 17.4. The number of nitro groups is 1. The summed E-state index contributed by atoms with van der Waals surface area (Å²) >= 11 is 0. The SMILES string of the molecule is Cc1cnc2c(S(=O)(=O)N[C@@H](CCCN/C(N)=N/[N+](=O)[O-])C(=O)N3CCC[C@@H]3COC(C)(C)C)cccc2c1. The third-order valence-corrected chi connectivity index (χ3v) is 7.73. The van der Waals surface area contributed by atoms with Crippen molar-refractivity contribution in [3.05, 3.63) is 46.1 Å². The molecular formula is C25H37N7O6S. The molecule has 0 spiro atoms. The maximum Gasteiger partial charge on any atom is 0.266 e. The fourth-order valence-corrected chi connectivity index (χ4v) is 5.84. The van der Waals surface area contributed by atoms with E-state index in [1.807, 2.05) is 33.8 Å². The number of nitrogens with one attached hydrogen (secondary N) is 2. The van der Waals surface area contributed by atoms with Crippen LogP contribution in [0.4, 0.5) is 0 Å². The Morgan fingerprint density at radius 3 is 2.82 bits per heavy atom. The van der Waals surface area contributed by atoms with Gasteiger partial charge in [-0.05, 0) is 71.1 Å². The van der Waals surface area contributed by atoms with Crippen molar-refractivity contribution in [2.24, 2.45) is 10.8 Å². The molecule has 1 saturated heterocycles. The van der Waals surface area contributed by atoms with Gasteiger partial charge in [0.15, 0.2) is 5.03 Å². The van der Waals surface area contributed by atoms with Gasteiger partial charge in [-0.2, -0.15) is 4.72 Å². The predicted molar refractivity (Wildman–Crippen MR) is 147 cm³/mol. The zero-order valence-electron chi connectivity index (χ0n) is 22.7. The van der Waals surface area contributed by atoms with Crippen molar-refractivity contribution in [1.82, 2.24) is 19.9 Å². The van der Waals surface area contributed by atoms with Crippen LogP contribution in [0.5, 0.6) is 0 Å². The second-order valence-corrected chi connectivity index (χ2v) is 12.2. The molecule has 3 rings (SSSR count). The molecule has 0 saturated carbocycles. The second kappa shape index (κ2) is 12.7. The fraction of sp³-hybridized carbons (Fsp3) is 0.560. The number of carbonyl (C=O) groups is 1. The summed E-state index contributed by atoms with van der Waals surface area (Å²) in [6.07, 6.45) is 3.54. The number of hydrogen-bond acceptors (Lipinski definition) is 7. The standard InChI is InChI=1S/C25H37N7O6S/c1-17-14-18-8-5-11-21(22(18)28-15-17)39(36,37)30-20(10-6-12-27-24(26)29-32(34)35)23(33)31-13-7-9-19(31)16-38-25(2,3)4/h5,8,11,14-15,19-20,30H,6-7,9-10,12-13,16H2,1-4H3,(H3,26,27,29)/t19-,20+/m1/s1. The van der Waals surface area contributed by atoms with Crippen LogP contribution in [0, 0.1) is 17.0 Å². The number of para-hydroxylation sites is 1. The Bertz CT molecular complexity index is 1330. The number of amides is 1. The number of aromatic nitrogens is 1. The molecule has 1 aliphatic rings. The molecule has 1 aliphatic heterocycles. The van der Waals surface area contributed by atoms with Gasteiger partial charge in [0, 0.05) is 24.7 Å². The molecule has 0 radical (unpaired) electrons. The molecule has 39 heavy (non-hydrogen) atoms. The first-order valence-electron chi connectivity index (χ1n) is 12.8. The molecule has 1 aromatic heterocycles. The molecular weight excluding hydrogens is 526 g/mol. The smallest absolute Gasteiger partial charge is 0.266 e. The summed E-state index contributed by atoms with van der Waals surface area (Å²) in [6.45, 7) is 8.67. The van der Waals surface area contributed by atoms with Crippen LogP contribution < -0.4 is 15.8 Å². The van der Waals surface area contributed by atoms with Gasteiger partial charge in [-0.25, -0.2) is 18.5 Å². The van der Waals surface area contributed by atoms with Crippen LogP contribution in [0.15, 0.2) is 40.5 Å². The third-order valence-electron chi connectivity index (χ3n) is 6.23. The number of carbonyl (C=O) groups excluding carboxylic acids is 1. The minimum atomic E-state index is -4.15. The van der Waals surface area contributed by atoms with E-state index in [-0.39, 0.29) is 47.8 Å². The first-order valence-corrected chi connectivity index (χ1v) is 14.3. The number of nitrogens with zero attached hydrogens (tertiary/aromatic N) is 4. The fourth-order valence-electron chi connectivity index (χ4n) is 4.43. The molecule has 0 aliphatic carbocycles. The Kier molecular flexibility index (Phi) is 9.80. The van der Waals surface area contributed by atoms with Gasteiger partial charge in [-0.1, -0.05) is 12.1 Å². The van der Waals surface area contributed by atoms with Crippen LogP contribution >= 0.6 is 0 Å². The highest BCUT2D eigenvalue weighted by atomic mass is 32.2. The molecule has 13 nitrogen and oxygen atoms in total. The summed E-state index contributed by atoms with van der Waals surface area (Å²) in [7, 11) is -4.15. The van der Waals surface area contributed by atoms with Gasteiger partial charge < -0.3 is 20.7 Å². The number of aryl methyl sites for hydroxylation is 1. The average molecular weight is 564 g/mol. The number of sulfonamides is 1. The van der Waals surface area contributed by atoms with E-state index in [4.69, 9.17) is 10.5 Å². The van der Waals surface area contributed by atoms with Gasteiger partial charge >= 0.3 is 0 Å². The maximum atomic E-state index is 13.7. The number of pyridine rings is 1. The Labute approximate surface area is 228 Å². The zero-order valence-corrected chi connectivity index (χ0v) is 23.5. The summed E-state index contributed by atoms with van der Waals surface area (Å²) in [5, 5.41) is 15.8. The van der Waals surface area contributed by atoms with Gasteiger partial charge in [0.1, 0.15) is 16.0 Å². The highest BCUT2D eigenvalue weighted by Gasteiger charge is 2.36. The number of likely N-dealkylation sites (tertiary alicyclic amines) is 1. The van der Waals surface area contributed by atoms with Gasteiger partial charge in [-0.15, -0.1) is 0 Å². The number of nitrogens with two attached hydrogens (primary N) is 1. The second-order valence-electron chi connectivity index (χ2n) is 10.6. The Morgan fingerprint density at radius 1 is 1.38 bits per heavy atom. The van der Waals surface area contributed by atoms with E-state index in [1.54, 1.807) is 23.2 Å². The third kappa shape index (κ3) is 8.57. The van der Waals surface area contributed by atoms with E-state index in [0.29, 0.717) is 24.1 Å². The molecule has 4 N–H and O–H groups in total. The Balaban J connectivity index is 1.83. The van der Waals surface area contributed by atoms with Crippen LogP contribution in [0.25, 0.3) is 10.9 Å². The van der Waals surface area contributed by atoms with Crippen LogP contribution in [-0.2, 0) is 19.6 Å². The van der Waals surface area contributed by atoms with Gasteiger partial charge in [0.25, 0.3) is 5.96 Å². The molecule has 1 fully saturated rings. The molecule has 1 aromatic carbocycles. The molecule has 14 heteroatoms. The van der Waals surface area contributed by atoms with Crippen molar-refractivity contribution in [2.75, 3.05) is 19.7 Å². The molecule has 0 unspecified atom stereocenters. The van der Waals surface area contributed by atoms with E-state index in [1.165, 1.54) is 6.07 Å². The highest BCUT2D eigenvalue weighted by molar-refractivity contribution is 7.89. The quantitative estimate of drug-likeness (QED) is 0.121. The van der Waals surface area contributed by atoms with E-state index >= 15 is 0 Å². The first-order chi connectivity index (χ1) is 18.3. The van der Waals surface area contributed by atoms with Crippen molar-refractivity contribution in [3.8, 4) is 0 Å². The van der Waals surface area contributed by atoms with Gasteiger partial charge in [0.05, 0.1) is 23.8 Å². The van der Waals surface area contributed by atoms with Crippen molar-refractivity contribution >= 4 is 32.8 Å². The van der Waals surface area contributed by atoms with Crippen LogP contribution in [0.2, 0.25) is 0 Å². The molecule has 2 heterocycles. The lowest BCUT2D eigenvalue weighted by molar-refractivity contribution is -0.485. The monoisotopic (exact) mass is 563 g/mol. The van der Waals surface area contributed by atoms with Crippen molar-refractivity contribution in [1.29, 1.82) is 0 Å². The van der Waals surface area contributed by atoms with Crippen molar-refractivity contribution < 1.29 is 23.0 Å². The zero-order chi connectivity index (χ0) is 28.8. The van der Waals surface area contributed by atoms with Crippen molar-refractivity contribution in [2.45, 2.75) is 76.0 Å². The Hall–Kier alpha value is -3.36. The Morgan fingerprint density at radius 2 is 2.13 bits per heavy atom. The number of hydrogen-bond donors (Lipinski definition) is 3. The average Bonchev–Trinajstić information content (AvgIpc) is 3.31. The van der Waals surface area contributed by atoms with E-state index in [9.17, 15) is 23.3 Å². The molecule has 214 valence electrons. The van der Waals surface area contributed by atoms with Gasteiger partial charge in [0.2, 0.25) is 15.9 Å². The maximum absolute atomic E-state index is 13.7. The largest absolute Gasteiger partial charge is 0.374 e. The summed E-state index contributed by atoms with van der Waals surface area (Å²) in [5.41, 5.74) is 6.29. The topological polar surface area (TPSA) is 182 Å². The minimum absolute atomic E-state index is 0.0210. The summed E-state index contributed by atoms with van der Waals surface area (Å²) in [5.74, 6) is -0.728.